The number of hydrogen-bond donors (Lipinski definition) is 0. The van der Waals surface area contributed by atoms with Gasteiger partial charge in [0, 0.05) is 19.3 Å². The predicted molar refractivity (Wildman–Crippen MR) is 266 cm³/mol. The van der Waals surface area contributed by atoms with Crippen LogP contribution in [-0.4, -0.2) is 37.2 Å². The normalized spacial score (nSPS) is 12.5. The number of unbranched alkanes of at least 4 members (excludes halogenated alkanes) is 34. The van der Waals surface area contributed by atoms with Crippen LogP contribution < -0.4 is 0 Å². The lowest BCUT2D eigenvalue weighted by Crippen LogP contribution is -2.30. The van der Waals surface area contributed by atoms with Crippen molar-refractivity contribution in [3.05, 3.63) is 0 Å². The lowest BCUT2D eigenvalue weighted by atomic mass is 9.99. The molecule has 0 aliphatic heterocycles. The number of ether oxygens (including phenoxy) is 3. The van der Waals surface area contributed by atoms with Gasteiger partial charge in [-0.25, -0.2) is 0 Å². The first-order valence-electron chi connectivity index (χ1n) is 27.8. The lowest BCUT2D eigenvalue weighted by molar-refractivity contribution is -0.167. The average molecular weight is 877 g/mol. The molecule has 6 heteroatoms. The van der Waals surface area contributed by atoms with Crippen LogP contribution in [0, 0.1) is 11.8 Å². The smallest absolute Gasteiger partial charge is 0.306 e. The van der Waals surface area contributed by atoms with E-state index in [1.54, 1.807) is 0 Å². The molecule has 2 atom stereocenters. The predicted octanol–water partition coefficient (Wildman–Crippen LogP) is 18.1. The SMILES string of the molecule is CCCCCCCCCCCCCC(=O)O[C@@H](COC(=O)CCCCCCCCCCCCCCCCCCCCC(C)C)COC(=O)CCCCCCCCCCC(C)CC. The summed E-state index contributed by atoms with van der Waals surface area (Å²) in [6, 6.07) is 0. The molecule has 0 aromatic carbocycles. The molecule has 62 heavy (non-hydrogen) atoms. The van der Waals surface area contributed by atoms with Gasteiger partial charge < -0.3 is 14.2 Å². The summed E-state index contributed by atoms with van der Waals surface area (Å²) in [6.45, 7) is 11.4. The summed E-state index contributed by atoms with van der Waals surface area (Å²) < 4.78 is 16.8. The van der Waals surface area contributed by atoms with E-state index in [0.717, 1.165) is 69.6 Å². The Morgan fingerprint density at radius 1 is 0.339 bits per heavy atom. The highest BCUT2D eigenvalue weighted by Crippen LogP contribution is 2.18. The Bertz CT molecular complexity index is 949. The molecule has 0 aliphatic rings. The standard InChI is InChI=1S/C56H108O6/c1-6-8-9-10-11-12-21-26-33-38-43-48-56(59)62-53(50-61-55(58)47-42-37-32-28-27-30-35-40-45-52(5)7-2)49-60-54(57)46-41-36-31-25-23-20-18-16-14-13-15-17-19-22-24-29-34-39-44-51(3)4/h51-53H,6-50H2,1-5H3/t52?,53-/m0/s1. The molecule has 0 radical (unpaired) electrons. The van der Waals surface area contributed by atoms with Crippen LogP contribution in [0.4, 0.5) is 0 Å². The fraction of sp³-hybridized carbons (Fsp3) is 0.946. The molecule has 0 bridgehead atoms. The Kier molecular flexibility index (Phi) is 47.6. The van der Waals surface area contributed by atoms with E-state index in [9.17, 15) is 14.4 Å². The maximum atomic E-state index is 12.8. The van der Waals surface area contributed by atoms with Crippen molar-refractivity contribution in [3.63, 3.8) is 0 Å². The van der Waals surface area contributed by atoms with Crippen molar-refractivity contribution in [2.75, 3.05) is 13.2 Å². The van der Waals surface area contributed by atoms with E-state index in [0.29, 0.717) is 19.3 Å². The minimum Gasteiger partial charge on any atom is -0.462 e. The Morgan fingerprint density at radius 3 is 0.919 bits per heavy atom. The van der Waals surface area contributed by atoms with Crippen LogP contribution in [-0.2, 0) is 28.6 Å². The molecule has 0 amide bonds. The third-order valence-corrected chi connectivity index (χ3v) is 13.1. The topological polar surface area (TPSA) is 78.9 Å². The van der Waals surface area contributed by atoms with Crippen molar-refractivity contribution in [2.24, 2.45) is 11.8 Å². The van der Waals surface area contributed by atoms with Gasteiger partial charge in [0.25, 0.3) is 0 Å². The van der Waals surface area contributed by atoms with Crippen LogP contribution in [0.3, 0.4) is 0 Å². The van der Waals surface area contributed by atoms with Gasteiger partial charge in [0.15, 0.2) is 6.10 Å². The first-order chi connectivity index (χ1) is 30.3. The third-order valence-electron chi connectivity index (χ3n) is 13.1. The zero-order valence-electron chi connectivity index (χ0n) is 42.5. The highest BCUT2D eigenvalue weighted by Gasteiger charge is 2.19. The zero-order chi connectivity index (χ0) is 45.4. The van der Waals surface area contributed by atoms with Crippen molar-refractivity contribution in [3.8, 4) is 0 Å². The fourth-order valence-electron chi connectivity index (χ4n) is 8.49. The minimum absolute atomic E-state index is 0.0633. The Balaban J connectivity index is 4.20. The molecular weight excluding hydrogens is 769 g/mol. The average Bonchev–Trinajstić information content (AvgIpc) is 3.26. The molecule has 0 fully saturated rings. The van der Waals surface area contributed by atoms with Crippen molar-refractivity contribution in [1.29, 1.82) is 0 Å². The van der Waals surface area contributed by atoms with Crippen LogP contribution in [0.5, 0.6) is 0 Å². The molecule has 0 aromatic rings. The Labute approximate surface area is 387 Å². The summed E-state index contributed by atoms with van der Waals surface area (Å²) >= 11 is 0. The maximum Gasteiger partial charge on any atom is 0.306 e. The van der Waals surface area contributed by atoms with Gasteiger partial charge in [-0.2, -0.15) is 0 Å². The summed E-state index contributed by atoms with van der Waals surface area (Å²) in [5.74, 6) is 0.861. The summed E-state index contributed by atoms with van der Waals surface area (Å²) in [6.07, 6.45) is 50.9. The first kappa shape index (κ1) is 60.4. The summed E-state index contributed by atoms with van der Waals surface area (Å²) in [4.78, 5) is 38.0. The van der Waals surface area contributed by atoms with E-state index in [-0.39, 0.29) is 31.1 Å². The van der Waals surface area contributed by atoms with Crippen molar-refractivity contribution in [2.45, 2.75) is 317 Å². The molecule has 1 unspecified atom stereocenters. The van der Waals surface area contributed by atoms with Crippen LogP contribution in [0.25, 0.3) is 0 Å². The van der Waals surface area contributed by atoms with Crippen LogP contribution in [0.2, 0.25) is 0 Å². The molecule has 0 rings (SSSR count). The molecule has 0 saturated carbocycles. The quantitative estimate of drug-likeness (QED) is 0.0344. The number of hydrogen-bond acceptors (Lipinski definition) is 6. The molecular formula is C56H108O6. The minimum atomic E-state index is -0.762. The second-order valence-corrected chi connectivity index (χ2v) is 19.9. The first-order valence-corrected chi connectivity index (χ1v) is 27.8. The Morgan fingerprint density at radius 2 is 0.613 bits per heavy atom. The van der Waals surface area contributed by atoms with E-state index in [4.69, 9.17) is 14.2 Å². The summed E-state index contributed by atoms with van der Waals surface area (Å²) in [5.41, 5.74) is 0. The molecule has 0 saturated heterocycles. The molecule has 0 spiro atoms. The molecule has 0 aliphatic carbocycles. The van der Waals surface area contributed by atoms with Crippen molar-refractivity contribution < 1.29 is 28.6 Å². The van der Waals surface area contributed by atoms with E-state index in [1.165, 1.54) is 199 Å². The van der Waals surface area contributed by atoms with Gasteiger partial charge in [0.2, 0.25) is 0 Å². The van der Waals surface area contributed by atoms with Gasteiger partial charge in [-0.1, -0.05) is 272 Å². The second-order valence-electron chi connectivity index (χ2n) is 19.9. The van der Waals surface area contributed by atoms with Crippen LogP contribution >= 0.6 is 0 Å². The van der Waals surface area contributed by atoms with Crippen LogP contribution in [0.15, 0.2) is 0 Å². The van der Waals surface area contributed by atoms with E-state index in [2.05, 4.69) is 34.6 Å². The summed E-state index contributed by atoms with van der Waals surface area (Å²) in [7, 11) is 0. The summed E-state index contributed by atoms with van der Waals surface area (Å²) in [5, 5.41) is 0. The number of esters is 3. The monoisotopic (exact) mass is 877 g/mol. The zero-order valence-corrected chi connectivity index (χ0v) is 42.5. The van der Waals surface area contributed by atoms with E-state index >= 15 is 0 Å². The molecule has 0 aromatic heterocycles. The van der Waals surface area contributed by atoms with Gasteiger partial charge in [0.1, 0.15) is 13.2 Å². The lowest BCUT2D eigenvalue weighted by Gasteiger charge is -2.18. The van der Waals surface area contributed by atoms with Crippen LogP contribution in [0.1, 0.15) is 311 Å². The number of rotatable bonds is 50. The molecule has 368 valence electrons. The fourth-order valence-corrected chi connectivity index (χ4v) is 8.49. The second kappa shape index (κ2) is 48.9. The van der Waals surface area contributed by atoms with E-state index in [1.807, 2.05) is 0 Å². The number of carbonyl (C=O) groups is 3. The highest BCUT2D eigenvalue weighted by molar-refractivity contribution is 5.71. The third kappa shape index (κ3) is 47.9. The highest BCUT2D eigenvalue weighted by atomic mass is 16.6. The van der Waals surface area contributed by atoms with Gasteiger partial charge in [-0.3, -0.25) is 14.4 Å². The molecule has 6 nitrogen and oxygen atoms in total. The molecule has 0 N–H and O–H groups in total. The van der Waals surface area contributed by atoms with Gasteiger partial charge >= 0.3 is 17.9 Å². The van der Waals surface area contributed by atoms with E-state index < -0.39 is 6.10 Å². The molecule has 0 heterocycles. The largest absolute Gasteiger partial charge is 0.462 e. The van der Waals surface area contributed by atoms with Crippen molar-refractivity contribution >= 4 is 17.9 Å². The number of carbonyl (C=O) groups excluding carboxylic acids is 3. The van der Waals surface area contributed by atoms with Crippen molar-refractivity contribution in [1.82, 2.24) is 0 Å². The van der Waals surface area contributed by atoms with Gasteiger partial charge in [-0.05, 0) is 31.1 Å². The maximum absolute atomic E-state index is 12.8. The van der Waals surface area contributed by atoms with Gasteiger partial charge in [-0.15, -0.1) is 0 Å². The Hall–Kier alpha value is -1.59. The van der Waals surface area contributed by atoms with Gasteiger partial charge in [0.05, 0.1) is 0 Å².